The fraction of sp³-hybridized carbons (Fsp3) is 0.882. The smallest absolute Gasteiger partial charge is 0.227 e. The highest BCUT2D eigenvalue weighted by Crippen LogP contribution is 2.25. The summed E-state index contributed by atoms with van der Waals surface area (Å²) in [4.78, 5) is 27.0. The van der Waals surface area contributed by atoms with Crippen LogP contribution in [0.25, 0.3) is 0 Å². The molecule has 5 nitrogen and oxygen atoms in total. The van der Waals surface area contributed by atoms with Crippen LogP contribution in [0.5, 0.6) is 0 Å². The van der Waals surface area contributed by atoms with Crippen LogP contribution in [0.4, 0.5) is 0 Å². The summed E-state index contributed by atoms with van der Waals surface area (Å²) in [7, 11) is 0. The van der Waals surface area contributed by atoms with E-state index in [1.807, 2.05) is 4.90 Å². The molecule has 3 unspecified atom stereocenters. The van der Waals surface area contributed by atoms with Crippen LogP contribution in [0.15, 0.2) is 0 Å². The maximum Gasteiger partial charge on any atom is 0.227 e. The normalized spacial score (nSPS) is 27.9. The first-order valence-corrected chi connectivity index (χ1v) is 8.92. The molecule has 2 N–H and O–H groups in total. The standard InChI is InChI=1S/C17H31N3O2.ClH/c1-3-4-10-19-16(21)15-8-7-13(2)20(12-15)17(22)14-6-5-9-18-11-14;/h13-15,18H,3-12H2,1-2H3,(H,19,21);1H. The molecule has 3 atom stereocenters. The van der Waals surface area contributed by atoms with Crippen LogP contribution in [0.2, 0.25) is 0 Å². The molecule has 2 saturated heterocycles. The van der Waals surface area contributed by atoms with Gasteiger partial charge in [-0.25, -0.2) is 0 Å². The van der Waals surface area contributed by atoms with E-state index in [4.69, 9.17) is 0 Å². The molecule has 23 heavy (non-hydrogen) atoms. The molecule has 2 fully saturated rings. The zero-order valence-electron chi connectivity index (χ0n) is 14.5. The minimum atomic E-state index is -0.0337. The third-order valence-corrected chi connectivity index (χ3v) is 5.01. The Labute approximate surface area is 146 Å². The molecule has 0 radical (unpaired) electrons. The van der Waals surface area contributed by atoms with Crippen LogP contribution in [-0.2, 0) is 9.59 Å². The van der Waals surface area contributed by atoms with Crippen molar-refractivity contribution in [1.82, 2.24) is 15.5 Å². The number of carbonyl (C=O) groups excluding carboxylic acids is 2. The molecule has 6 heteroatoms. The average molecular weight is 346 g/mol. The Bertz CT molecular complexity index is 386. The lowest BCUT2D eigenvalue weighted by Gasteiger charge is -2.40. The number of carbonyl (C=O) groups is 2. The number of hydrogen-bond acceptors (Lipinski definition) is 3. The Morgan fingerprint density at radius 3 is 2.65 bits per heavy atom. The van der Waals surface area contributed by atoms with E-state index in [1.54, 1.807) is 0 Å². The van der Waals surface area contributed by atoms with Crippen LogP contribution in [-0.4, -0.2) is 48.9 Å². The Hall–Kier alpha value is -0.810. The minimum Gasteiger partial charge on any atom is -0.356 e. The molecule has 2 aliphatic heterocycles. The molecule has 0 aromatic carbocycles. The van der Waals surface area contributed by atoms with Gasteiger partial charge >= 0.3 is 0 Å². The van der Waals surface area contributed by atoms with Crippen LogP contribution in [0.3, 0.4) is 0 Å². The van der Waals surface area contributed by atoms with Gasteiger partial charge in [0.15, 0.2) is 0 Å². The Morgan fingerprint density at radius 1 is 1.22 bits per heavy atom. The molecule has 2 aliphatic rings. The molecule has 2 heterocycles. The van der Waals surface area contributed by atoms with Crippen LogP contribution < -0.4 is 10.6 Å². The van der Waals surface area contributed by atoms with Crippen molar-refractivity contribution in [1.29, 1.82) is 0 Å². The van der Waals surface area contributed by atoms with Gasteiger partial charge in [0.2, 0.25) is 11.8 Å². The number of halogens is 1. The molecular weight excluding hydrogens is 314 g/mol. The van der Waals surface area contributed by atoms with Crippen molar-refractivity contribution in [2.75, 3.05) is 26.2 Å². The summed E-state index contributed by atoms with van der Waals surface area (Å²) in [6.07, 6.45) is 5.97. The van der Waals surface area contributed by atoms with Crippen LogP contribution >= 0.6 is 12.4 Å². The molecule has 0 spiro atoms. The average Bonchev–Trinajstić information content (AvgIpc) is 2.55. The lowest BCUT2D eigenvalue weighted by molar-refractivity contribution is -0.142. The zero-order valence-corrected chi connectivity index (χ0v) is 15.3. The van der Waals surface area contributed by atoms with Gasteiger partial charge in [-0.1, -0.05) is 13.3 Å². The summed E-state index contributed by atoms with van der Waals surface area (Å²) in [6.45, 7) is 7.37. The fourth-order valence-corrected chi connectivity index (χ4v) is 3.46. The molecule has 2 rings (SSSR count). The van der Waals surface area contributed by atoms with E-state index in [0.29, 0.717) is 6.54 Å². The number of unbranched alkanes of at least 4 members (excludes halogenated alkanes) is 1. The summed E-state index contributed by atoms with van der Waals surface area (Å²) >= 11 is 0. The molecule has 0 bridgehead atoms. The molecule has 134 valence electrons. The largest absolute Gasteiger partial charge is 0.356 e. The number of nitrogens with one attached hydrogen (secondary N) is 2. The van der Waals surface area contributed by atoms with E-state index < -0.39 is 0 Å². The number of amides is 2. The maximum absolute atomic E-state index is 12.7. The van der Waals surface area contributed by atoms with Crippen molar-refractivity contribution in [3.63, 3.8) is 0 Å². The third kappa shape index (κ3) is 5.64. The highest BCUT2D eigenvalue weighted by Gasteiger charge is 2.35. The SMILES string of the molecule is CCCCNC(=O)C1CCC(C)N(C(=O)C2CCCNC2)C1.Cl. The molecular formula is C17H32ClN3O2. The van der Waals surface area contributed by atoms with Gasteiger partial charge in [-0.05, 0) is 45.6 Å². The Balaban J connectivity index is 0.00000264. The predicted octanol–water partition coefficient (Wildman–Crippen LogP) is 1.95. The first-order valence-electron chi connectivity index (χ1n) is 8.92. The second-order valence-electron chi connectivity index (χ2n) is 6.80. The van der Waals surface area contributed by atoms with Gasteiger partial charge in [-0.15, -0.1) is 12.4 Å². The maximum atomic E-state index is 12.7. The van der Waals surface area contributed by atoms with Crippen molar-refractivity contribution in [3.05, 3.63) is 0 Å². The van der Waals surface area contributed by atoms with Crippen molar-refractivity contribution >= 4 is 24.2 Å². The number of likely N-dealkylation sites (tertiary alicyclic amines) is 1. The van der Waals surface area contributed by atoms with E-state index in [2.05, 4.69) is 24.5 Å². The Morgan fingerprint density at radius 2 is 2.00 bits per heavy atom. The lowest BCUT2D eigenvalue weighted by Crippen LogP contribution is -2.53. The first kappa shape index (κ1) is 20.2. The van der Waals surface area contributed by atoms with Crippen molar-refractivity contribution in [2.24, 2.45) is 11.8 Å². The fourth-order valence-electron chi connectivity index (χ4n) is 3.46. The quantitative estimate of drug-likeness (QED) is 0.749. The highest BCUT2D eigenvalue weighted by molar-refractivity contribution is 5.85. The monoisotopic (exact) mass is 345 g/mol. The first-order chi connectivity index (χ1) is 10.6. The molecule has 0 aromatic rings. The van der Waals surface area contributed by atoms with Gasteiger partial charge in [-0.2, -0.15) is 0 Å². The highest BCUT2D eigenvalue weighted by atomic mass is 35.5. The topological polar surface area (TPSA) is 61.4 Å². The van der Waals surface area contributed by atoms with E-state index in [9.17, 15) is 9.59 Å². The van der Waals surface area contributed by atoms with Crippen molar-refractivity contribution in [2.45, 2.75) is 58.4 Å². The van der Waals surface area contributed by atoms with E-state index >= 15 is 0 Å². The van der Waals surface area contributed by atoms with E-state index in [-0.39, 0.29) is 42.1 Å². The van der Waals surface area contributed by atoms with Gasteiger partial charge in [0, 0.05) is 25.7 Å². The van der Waals surface area contributed by atoms with Crippen LogP contribution in [0.1, 0.15) is 52.4 Å². The van der Waals surface area contributed by atoms with E-state index in [1.165, 1.54) is 0 Å². The second kappa shape index (κ2) is 10.1. The summed E-state index contributed by atoms with van der Waals surface area (Å²) in [6, 6.07) is 0.258. The van der Waals surface area contributed by atoms with Gasteiger partial charge in [0.05, 0.1) is 11.8 Å². The number of hydrogen-bond donors (Lipinski definition) is 2. The summed E-state index contributed by atoms with van der Waals surface area (Å²) < 4.78 is 0. The third-order valence-electron chi connectivity index (χ3n) is 5.01. The number of nitrogens with zero attached hydrogens (tertiary/aromatic N) is 1. The van der Waals surface area contributed by atoms with Gasteiger partial charge in [-0.3, -0.25) is 9.59 Å². The minimum absolute atomic E-state index is 0. The lowest BCUT2D eigenvalue weighted by atomic mass is 9.90. The molecule has 2 amide bonds. The van der Waals surface area contributed by atoms with Gasteiger partial charge in [0.1, 0.15) is 0 Å². The predicted molar refractivity (Wildman–Crippen MR) is 94.7 cm³/mol. The summed E-state index contributed by atoms with van der Waals surface area (Å²) in [5, 5.41) is 6.33. The summed E-state index contributed by atoms with van der Waals surface area (Å²) in [5.74, 6) is 0.428. The molecule has 0 saturated carbocycles. The number of piperidine rings is 2. The molecule has 0 aliphatic carbocycles. The van der Waals surface area contributed by atoms with Gasteiger partial charge < -0.3 is 15.5 Å². The second-order valence-corrected chi connectivity index (χ2v) is 6.80. The van der Waals surface area contributed by atoms with E-state index in [0.717, 1.165) is 58.2 Å². The zero-order chi connectivity index (χ0) is 15.9. The number of rotatable bonds is 5. The van der Waals surface area contributed by atoms with Crippen LogP contribution in [0, 0.1) is 11.8 Å². The van der Waals surface area contributed by atoms with Gasteiger partial charge in [0.25, 0.3) is 0 Å². The Kier molecular flexibility index (Phi) is 8.92. The van der Waals surface area contributed by atoms with Crippen molar-refractivity contribution in [3.8, 4) is 0 Å². The van der Waals surface area contributed by atoms with Crippen molar-refractivity contribution < 1.29 is 9.59 Å². The molecule has 0 aromatic heterocycles. The summed E-state index contributed by atoms with van der Waals surface area (Å²) in [5.41, 5.74) is 0.